The van der Waals surface area contributed by atoms with E-state index in [-0.39, 0.29) is 18.1 Å². The van der Waals surface area contributed by atoms with Gasteiger partial charge in [0.25, 0.3) is 5.91 Å². The highest BCUT2D eigenvalue weighted by molar-refractivity contribution is 5.93. The molecule has 1 aromatic heterocycles. The summed E-state index contributed by atoms with van der Waals surface area (Å²) in [7, 11) is 0. The van der Waals surface area contributed by atoms with Gasteiger partial charge in [-0.1, -0.05) is 30.3 Å². The first-order chi connectivity index (χ1) is 10.5. The highest BCUT2D eigenvalue weighted by atomic mass is 19.3. The molecule has 0 bridgehead atoms. The number of aryl methyl sites for hydroxylation is 1. The van der Waals surface area contributed by atoms with Crippen LogP contribution in [0.1, 0.15) is 39.9 Å². The summed E-state index contributed by atoms with van der Waals surface area (Å²) in [6.45, 7) is 1.33. The normalized spacial score (nSPS) is 12.4. The van der Waals surface area contributed by atoms with Crippen LogP contribution in [0.25, 0.3) is 0 Å². The second-order valence-electron chi connectivity index (χ2n) is 4.95. The summed E-state index contributed by atoms with van der Waals surface area (Å²) in [5, 5.41) is 11.6. The Hall–Kier alpha value is -2.21. The number of nitrogens with one attached hydrogen (secondary N) is 1. The monoisotopic (exact) mass is 309 g/mol. The molecule has 1 aromatic carbocycles. The third-order valence-corrected chi connectivity index (χ3v) is 3.25. The molecule has 118 valence electrons. The highest BCUT2D eigenvalue weighted by Gasteiger charge is 2.23. The van der Waals surface area contributed by atoms with E-state index in [1.807, 2.05) is 0 Å². The zero-order chi connectivity index (χ0) is 16.1. The number of furan rings is 1. The topological polar surface area (TPSA) is 62.5 Å². The van der Waals surface area contributed by atoms with Crippen molar-refractivity contribution in [2.45, 2.75) is 32.4 Å². The third kappa shape index (κ3) is 3.92. The second kappa shape index (κ2) is 7.17. The Morgan fingerprint density at radius 1 is 1.32 bits per heavy atom. The lowest BCUT2D eigenvalue weighted by atomic mass is 10.0. The lowest BCUT2D eigenvalue weighted by Gasteiger charge is -2.18. The molecule has 2 aromatic rings. The van der Waals surface area contributed by atoms with Crippen molar-refractivity contribution in [2.75, 3.05) is 0 Å². The minimum atomic E-state index is -2.55. The van der Waals surface area contributed by atoms with E-state index in [0.29, 0.717) is 11.1 Å². The minimum absolute atomic E-state index is 0.0271. The first kappa shape index (κ1) is 16.2. The van der Waals surface area contributed by atoms with E-state index in [2.05, 4.69) is 5.32 Å². The molecular weight excluding hydrogens is 292 g/mol. The molecule has 0 saturated carbocycles. The van der Waals surface area contributed by atoms with Crippen molar-refractivity contribution >= 4 is 5.91 Å². The lowest BCUT2D eigenvalue weighted by molar-refractivity contribution is 0.0855. The molecule has 22 heavy (non-hydrogen) atoms. The molecular formula is C16H17F2NO3. The van der Waals surface area contributed by atoms with E-state index in [4.69, 9.17) is 9.52 Å². The van der Waals surface area contributed by atoms with E-state index in [1.54, 1.807) is 43.3 Å². The smallest absolute Gasteiger partial charge is 0.287 e. The van der Waals surface area contributed by atoms with Crippen LogP contribution >= 0.6 is 0 Å². The molecule has 6 heteroatoms. The molecule has 2 rings (SSSR count). The number of amides is 1. The fourth-order valence-electron chi connectivity index (χ4n) is 2.22. The Balaban J connectivity index is 2.19. The zero-order valence-electron chi connectivity index (χ0n) is 12.1. The minimum Gasteiger partial charge on any atom is -0.453 e. The summed E-state index contributed by atoms with van der Waals surface area (Å²) >= 11 is 0. The molecule has 1 amide bonds. The molecule has 2 N–H and O–H groups in total. The van der Waals surface area contributed by atoms with Crippen LogP contribution in [-0.4, -0.2) is 17.4 Å². The van der Waals surface area contributed by atoms with Crippen molar-refractivity contribution in [3.05, 3.63) is 59.0 Å². The Kier molecular flexibility index (Phi) is 5.27. The summed E-state index contributed by atoms with van der Waals surface area (Å²) in [6, 6.07) is 9.32. The number of hydrogen-bond donors (Lipinski definition) is 2. The number of hydrogen-bond acceptors (Lipinski definition) is 3. The number of carbonyl (C=O) groups excluding carboxylic acids is 1. The summed E-state index contributed by atoms with van der Waals surface area (Å²) < 4.78 is 30.7. The van der Waals surface area contributed by atoms with Crippen LogP contribution in [-0.2, 0) is 6.61 Å². The van der Waals surface area contributed by atoms with Gasteiger partial charge in [0, 0.05) is 12.0 Å². The molecule has 0 aliphatic rings. The highest BCUT2D eigenvalue weighted by Crippen LogP contribution is 2.22. The number of aliphatic hydroxyl groups excluding tert-OH is 1. The van der Waals surface area contributed by atoms with Gasteiger partial charge in [-0.2, -0.15) is 0 Å². The maximum absolute atomic E-state index is 12.8. The predicted molar refractivity (Wildman–Crippen MR) is 76.6 cm³/mol. The van der Waals surface area contributed by atoms with Crippen molar-refractivity contribution in [3.63, 3.8) is 0 Å². The number of alkyl halides is 2. The SMILES string of the molecule is Cc1cc(CO)oc1C(=O)NC(CC(F)F)c1ccccc1. The number of benzene rings is 1. The fourth-order valence-corrected chi connectivity index (χ4v) is 2.22. The van der Waals surface area contributed by atoms with Gasteiger partial charge in [-0.25, -0.2) is 8.78 Å². The largest absolute Gasteiger partial charge is 0.453 e. The maximum atomic E-state index is 12.8. The number of rotatable bonds is 6. The van der Waals surface area contributed by atoms with Crippen LogP contribution in [0, 0.1) is 6.92 Å². The second-order valence-corrected chi connectivity index (χ2v) is 4.95. The third-order valence-electron chi connectivity index (χ3n) is 3.25. The molecule has 1 heterocycles. The Morgan fingerprint density at radius 3 is 2.55 bits per heavy atom. The van der Waals surface area contributed by atoms with Crippen molar-refractivity contribution in [2.24, 2.45) is 0 Å². The van der Waals surface area contributed by atoms with E-state index >= 15 is 0 Å². The molecule has 0 fully saturated rings. The molecule has 1 atom stereocenters. The number of carbonyl (C=O) groups is 1. The van der Waals surface area contributed by atoms with E-state index in [1.165, 1.54) is 0 Å². The number of aliphatic hydroxyl groups is 1. The first-order valence-corrected chi connectivity index (χ1v) is 6.85. The van der Waals surface area contributed by atoms with Crippen molar-refractivity contribution in [1.29, 1.82) is 0 Å². The predicted octanol–water partition coefficient (Wildman–Crippen LogP) is 3.21. The van der Waals surface area contributed by atoms with Gasteiger partial charge in [0.2, 0.25) is 6.43 Å². The average molecular weight is 309 g/mol. The van der Waals surface area contributed by atoms with Gasteiger partial charge in [-0.05, 0) is 18.6 Å². The van der Waals surface area contributed by atoms with Crippen LogP contribution in [0.15, 0.2) is 40.8 Å². The van der Waals surface area contributed by atoms with Crippen molar-refractivity contribution in [1.82, 2.24) is 5.32 Å². The standard InChI is InChI=1S/C16H17F2NO3/c1-10-7-12(9-20)22-15(10)16(21)19-13(8-14(17)18)11-5-3-2-4-6-11/h2-7,13-14,20H,8-9H2,1H3,(H,19,21). The Bertz CT molecular complexity index is 626. The summed E-state index contributed by atoms with van der Waals surface area (Å²) in [4.78, 5) is 12.2. The van der Waals surface area contributed by atoms with Gasteiger partial charge in [0.15, 0.2) is 5.76 Å². The van der Waals surface area contributed by atoms with E-state index in [0.717, 1.165) is 0 Å². The van der Waals surface area contributed by atoms with Gasteiger partial charge in [-0.3, -0.25) is 4.79 Å². The summed E-state index contributed by atoms with van der Waals surface area (Å²) in [5.74, 6) is -0.293. The average Bonchev–Trinajstić information content (AvgIpc) is 2.88. The quantitative estimate of drug-likeness (QED) is 0.861. The van der Waals surface area contributed by atoms with Crippen LogP contribution in [0.4, 0.5) is 8.78 Å². The fraction of sp³-hybridized carbons (Fsp3) is 0.312. The zero-order valence-corrected chi connectivity index (χ0v) is 12.1. The molecule has 0 spiro atoms. The number of halogens is 2. The molecule has 4 nitrogen and oxygen atoms in total. The van der Waals surface area contributed by atoms with Gasteiger partial charge in [0.05, 0.1) is 6.04 Å². The Morgan fingerprint density at radius 2 is 2.00 bits per heavy atom. The van der Waals surface area contributed by atoms with Crippen molar-refractivity contribution in [3.8, 4) is 0 Å². The first-order valence-electron chi connectivity index (χ1n) is 6.85. The summed E-state index contributed by atoms with van der Waals surface area (Å²) in [6.07, 6.45) is -3.03. The molecule has 0 saturated heterocycles. The van der Waals surface area contributed by atoms with Crippen LogP contribution in [0.2, 0.25) is 0 Å². The maximum Gasteiger partial charge on any atom is 0.287 e. The molecule has 1 unspecified atom stereocenters. The van der Waals surface area contributed by atoms with Gasteiger partial charge >= 0.3 is 0 Å². The molecule has 0 radical (unpaired) electrons. The molecule has 0 aliphatic carbocycles. The van der Waals surface area contributed by atoms with E-state index in [9.17, 15) is 13.6 Å². The van der Waals surface area contributed by atoms with Crippen LogP contribution < -0.4 is 5.32 Å². The molecule has 0 aliphatic heterocycles. The van der Waals surface area contributed by atoms with E-state index < -0.39 is 24.8 Å². The van der Waals surface area contributed by atoms with Gasteiger partial charge in [0.1, 0.15) is 12.4 Å². The van der Waals surface area contributed by atoms with Gasteiger partial charge < -0.3 is 14.8 Å². The lowest BCUT2D eigenvalue weighted by Crippen LogP contribution is -2.30. The van der Waals surface area contributed by atoms with Gasteiger partial charge in [-0.15, -0.1) is 0 Å². The van der Waals surface area contributed by atoms with Crippen LogP contribution in [0.3, 0.4) is 0 Å². The Labute approximate surface area is 126 Å². The van der Waals surface area contributed by atoms with Crippen molar-refractivity contribution < 1.29 is 23.1 Å². The van der Waals surface area contributed by atoms with Crippen LogP contribution in [0.5, 0.6) is 0 Å². The summed E-state index contributed by atoms with van der Waals surface area (Å²) in [5.41, 5.74) is 1.15.